The van der Waals surface area contributed by atoms with Crippen LogP contribution in [0.25, 0.3) is 11.3 Å². The number of benzene rings is 1. The molecule has 0 radical (unpaired) electrons. The second kappa shape index (κ2) is 6.95. The SMILES string of the molecule is Cc1cccc(CCNC(=O)c2cc(-c3ccncc3)n(N)n2)c1. The monoisotopic (exact) mass is 321 g/mol. The molecule has 0 bridgehead atoms. The van der Waals surface area contributed by atoms with E-state index < -0.39 is 0 Å². The topological polar surface area (TPSA) is 85.8 Å². The Morgan fingerprint density at radius 2 is 2.00 bits per heavy atom. The summed E-state index contributed by atoms with van der Waals surface area (Å²) in [4.78, 5) is 17.4. The second-order valence-corrected chi connectivity index (χ2v) is 5.59. The number of hydrogen-bond donors (Lipinski definition) is 2. The summed E-state index contributed by atoms with van der Waals surface area (Å²) in [6, 6.07) is 13.6. The molecule has 0 aliphatic heterocycles. The highest BCUT2D eigenvalue weighted by atomic mass is 16.1. The average Bonchev–Trinajstić information content (AvgIpc) is 2.98. The Morgan fingerprint density at radius 3 is 2.75 bits per heavy atom. The molecule has 6 heteroatoms. The van der Waals surface area contributed by atoms with E-state index in [1.54, 1.807) is 18.5 Å². The highest BCUT2D eigenvalue weighted by Gasteiger charge is 2.14. The van der Waals surface area contributed by atoms with Gasteiger partial charge in [0.15, 0.2) is 5.69 Å². The lowest BCUT2D eigenvalue weighted by molar-refractivity contribution is 0.0948. The summed E-state index contributed by atoms with van der Waals surface area (Å²) in [5.41, 5.74) is 4.23. The Morgan fingerprint density at radius 1 is 1.21 bits per heavy atom. The van der Waals surface area contributed by atoms with E-state index in [9.17, 15) is 4.79 Å². The lowest BCUT2D eigenvalue weighted by Gasteiger charge is -2.04. The summed E-state index contributed by atoms with van der Waals surface area (Å²) in [6.45, 7) is 2.60. The molecule has 2 aromatic heterocycles. The lowest BCUT2D eigenvalue weighted by Crippen LogP contribution is -2.26. The third-order valence-corrected chi connectivity index (χ3v) is 3.73. The van der Waals surface area contributed by atoms with Gasteiger partial charge in [0.1, 0.15) is 0 Å². The van der Waals surface area contributed by atoms with Crippen LogP contribution in [0.5, 0.6) is 0 Å². The maximum atomic E-state index is 12.2. The molecule has 0 aliphatic carbocycles. The molecule has 2 heterocycles. The van der Waals surface area contributed by atoms with Gasteiger partial charge in [0.05, 0.1) is 5.69 Å². The fourth-order valence-electron chi connectivity index (χ4n) is 2.52. The highest BCUT2D eigenvalue weighted by Crippen LogP contribution is 2.17. The normalized spacial score (nSPS) is 10.5. The van der Waals surface area contributed by atoms with E-state index in [2.05, 4.69) is 40.5 Å². The van der Waals surface area contributed by atoms with Crippen molar-refractivity contribution in [1.82, 2.24) is 20.2 Å². The Balaban J connectivity index is 1.63. The first kappa shape index (κ1) is 15.7. The molecule has 0 aliphatic rings. The number of nitrogen functional groups attached to an aromatic ring is 1. The molecule has 3 rings (SSSR count). The predicted octanol–water partition coefficient (Wildman–Crippen LogP) is 1.94. The molecule has 0 unspecified atom stereocenters. The zero-order valence-corrected chi connectivity index (χ0v) is 13.4. The van der Waals surface area contributed by atoms with Gasteiger partial charge in [-0.3, -0.25) is 9.78 Å². The van der Waals surface area contributed by atoms with Crippen LogP contribution in [0.1, 0.15) is 21.6 Å². The molecule has 3 aromatic rings. The van der Waals surface area contributed by atoms with Crippen molar-refractivity contribution in [1.29, 1.82) is 0 Å². The molecule has 0 saturated heterocycles. The molecule has 0 fully saturated rings. The maximum absolute atomic E-state index is 12.2. The number of carbonyl (C=O) groups is 1. The van der Waals surface area contributed by atoms with E-state index in [0.717, 1.165) is 12.0 Å². The summed E-state index contributed by atoms with van der Waals surface area (Å²) >= 11 is 0. The quantitative estimate of drug-likeness (QED) is 0.703. The fraction of sp³-hybridized carbons (Fsp3) is 0.167. The molecular weight excluding hydrogens is 302 g/mol. The summed E-state index contributed by atoms with van der Waals surface area (Å²) < 4.78 is 0. The predicted molar refractivity (Wildman–Crippen MR) is 92.8 cm³/mol. The Bertz CT molecular complexity index is 842. The first-order valence-corrected chi connectivity index (χ1v) is 7.73. The fourth-order valence-corrected chi connectivity index (χ4v) is 2.52. The van der Waals surface area contributed by atoms with Gasteiger partial charge in [0.2, 0.25) is 0 Å². The summed E-state index contributed by atoms with van der Waals surface area (Å²) in [5.74, 6) is 5.62. The number of hydrogen-bond acceptors (Lipinski definition) is 4. The van der Waals surface area contributed by atoms with Crippen LogP contribution >= 0.6 is 0 Å². The molecule has 0 atom stereocenters. The van der Waals surface area contributed by atoms with Gasteiger partial charge in [0.25, 0.3) is 5.91 Å². The van der Waals surface area contributed by atoms with Gasteiger partial charge in [-0.05, 0) is 37.1 Å². The van der Waals surface area contributed by atoms with E-state index in [1.807, 2.05) is 18.2 Å². The number of nitrogens with two attached hydrogens (primary N) is 1. The van der Waals surface area contributed by atoms with Crippen molar-refractivity contribution in [3.8, 4) is 11.3 Å². The van der Waals surface area contributed by atoms with Crippen LogP contribution in [0.3, 0.4) is 0 Å². The molecule has 6 nitrogen and oxygen atoms in total. The number of rotatable bonds is 5. The third-order valence-electron chi connectivity index (χ3n) is 3.73. The van der Waals surface area contributed by atoms with Crippen molar-refractivity contribution >= 4 is 5.91 Å². The van der Waals surface area contributed by atoms with Crippen LogP contribution in [0, 0.1) is 6.92 Å². The number of aromatic nitrogens is 3. The van der Waals surface area contributed by atoms with Crippen molar-refractivity contribution in [3.63, 3.8) is 0 Å². The molecule has 1 aromatic carbocycles. The minimum atomic E-state index is -0.234. The summed E-state index contributed by atoms with van der Waals surface area (Å²) in [7, 11) is 0. The van der Waals surface area contributed by atoms with Gasteiger partial charge in [-0.15, -0.1) is 5.10 Å². The number of nitrogens with one attached hydrogen (secondary N) is 1. The van der Waals surface area contributed by atoms with E-state index >= 15 is 0 Å². The van der Waals surface area contributed by atoms with Crippen molar-refractivity contribution in [2.45, 2.75) is 13.3 Å². The first-order chi connectivity index (χ1) is 11.6. The number of amides is 1. The van der Waals surface area contributed by atoms with Gasteiger partial charge in [-0.25, -0.2) is 0 Å². The number of carbonyl (C=O) groups excluding carboxylic acids is 1. The molecule has 3 N–H and O–H groups in total. The molecule has 24 heavy (non-hydrogen) atoms. The lowest BCUT2D eigenvalue weighted by atomic mass is 10.1. The standard InChI is InChI=1S/C18H19N5O/c1-13-3-2-4-14(11-13)5-10-21-18(24)16-12-17(23(19)22-16)15-6-8-20-9-7-15/h2-4,6-9,11-12H,5,10,19H2,1H3,(H,21,24). The Kier molecular flexibility index (Phi) is 4.56. The second-order valence-electron chi connectivity index (χ2n) is 5.59. The van der Waals surface area contributed by atoms with E-state index in [1.165, 1.54) is 15.9 Å². The van der Waals surface area contributed by atoms with Crippen molar-refractivity contribution in [3.05, 3.63) is 71.7 Å². The molecule has 1 amide bonds. The van der Waals surface area contributed by atoms with E-state index in [-0.39, 0.29) is 5.91 Å². The average molecular weight is 321 g/mol. The number of nitrogens with zero attached hydrogens (tertiary/aromatic N) is 3. The van der Waals surface area contributed by atoms with Crippen LogP contribution in [0.15, 0.2) is 54.9 Å². The van der Waals surface area contributed by atoms with Crippen LogP contribution in [-0.4, -0.2) is 27.3 Å². The zero-order chi connectivity index (χ0) is 16.9. The zero-order valence-electron chi connectivity index (χ0n) is 13.4. The minimum Gasteiger partial charge on any atom is -0.350 e. The van der Waals surface area contributed by atoms with Gasteiger partial charge in [-0.2, -0.15) is 4.79 Å². The number of aryl methyl sites for hydroxylation is 1. The summed E-state index contributed by atoms with van der Waals surface area (Å²) in [5, 5.41) is 6.96. The van der Waals surface area contributed by atoms with Gasteiger partial charge >= 0.3 is 0 Å². The molecule has 0 spiro atoms. The van der Waals surface area contributed by atoms with Crippen LogP contribution in [0.4, 0.5) is 0 Å². The minimum absolute atomic E-state index is 0.234. The highest BCUT2D eigenvalue weighted by molar-refractivity contribution is 5.93. The Labute approximate surface area is 140 Å². The van der Waals surface area contributed by atoms with Gasteiger partial charge < -0.3 is 11.2 Å². The molecular formula is C18H19N5O. The Hall–Kier alpha value is -3.15. The third kappa shape index (κ3) is 3.60. The van der Waals surface area contributed by atoms with Crippen LogP contribution < -0.4 is 11.2 Å². The smallest absolute Gasteiger partial charge is 0.271 e. The number of pyridine rings is 1. The van der Waals surface area contributed by atoms with Crippen molar-refractivity contribution in [2.24, 2.45) is 0 Å². The van der Waals surface area contributed by atoms with Crippen LogP contribution in [0.2, 0.25) is 0 Å². The summed E-state index contributed by atoms with van der Waals surface area (Å²) in [6.07, 6.45) is 4.11. The van der Waals surface area contributed by atoms with E-state index in [0.29, 0.717) is 17.9 Å². The molecule has 122 valence electrons. The first-order valence-electron chi connectivity index (χ1n) is 7.73. The van der Waals surface area contributed by atoms with Crippen LogP contribution in [-0.2, 0) is 6.42 Å². The largest absolute Gasteiger partial charge is 0.350 e. The van der Waals surface area contributed by atoms with Gasteiger partial charge in [0, 0.05) is 24.5 Å². The van der Waals surface area contributed by atoms with E-state index in [4.69, 9.17) is 5.84 Å². The van der Waals surface area contributed by atoms with Crippen molar-refractivity contribution < 1.29 is 4.79 Å². The molecule has 0 saturated carbocycles. The maximum Gasteiger partial charge on any atom is 0.271 e. The van der Waals surface area contributed by atoms with Gasteiger partial charge in [-0.1, -0.05) is 29.8 Å². The van der Waals surface area contributed by atoms with Crippen molar-refractivity contribution in [2.75, 3.05) is 12.4 Å².